The van der Waals surface area contributed by atoms with Crippen molar-refractivity contribution < 1.29 is 0 Å². The minimum atomic E-state index is 0.0687. The van der Waals surface area contributed by atoms with E-state index in [4.69, 9.17) is 10.7 Å². The molecule has 2 N–H and O–H groups in total. The van der Waals surface area contributed by atoms with Gasteiger partial charge in [-0.2, -0.15) is 0 Å². The highest BCUT2D eigenvalue weighted by molar-refractivity contribution is 7.15. The predicted octanol–water partition coefficient (Wildman–Crippen LogP) is 2.43. The van der Waals surface area contributed by atoms with Crippen LogP contribution in [-0.4, -0.2) is 43.1 Å². The Morgan fingerprint density at radius 2 is 1.95 bits per heavy atom. The van der Waals surface area contributed by atoms with E-state index in [0.29, 0.717) is 6.54 Å². The summed E-state index contributed by atoms with van der Waals surface area (Å²) in [6, 6.07) is 0. The van der Waals surface area contributed by atoms with Crippen LogP contribution in [0.1, 0.15) is 44.2 Å². The Labute approximate surface area is 127 Å². The van der Waals surface area contributed by atoms with Gasteiger partial charge in [0.25, 0.3) is 0 Å². The highest BCUT2D eigenvalue weighted by atomic mass is 32.1. The first-order valence-electron chi connectivity index (χ1n) is 7.55. The van der Waals surface area contributed by atoms with Gasteiger partial charge >= 0.3 is 0 Å². The maximum Gasteiger partial charge on any atom is 0.185 e. The molecule has 1 aliphatic rings. The van der Waals surface area contributed by atoms with Gasteiger partial charge in [0.05, 0.1) is 5.69 Å². The van der Waals surface area contributed by atoms with E-state index in [1.54, 1.807) is 11.3 Å². The summed E-state index contributed by atoms with van der Waals surface area (Å²) in [6.45, 7) is 11.9. The van der Waals surface area contributed by atoms with E-state index in [9.17, 15) is 0 Å². The molecule has 1 aromatic heterocycles. The Hall–Kier alpha value is -0.650. The predicted molar refractivity (Wildman–Crippen MR) is 87.6 cm³/mol. The molecule has 0 radical (unpaired) electrons. The molecule has 0 aliphatic carbocycles. The summed E-state index contributed by atoms with van der Waals surface area (Å²) in [6.07, 6.45) is 2.71. The molecule has 1 fully saturated rings. The molecule has 0 aromatic carbocycles. The Morgan fingerprint density at radius 3 is 2.45 bits per heavy atom. The average molecular weight is 296 g/mol. The van der Waals surface area contributed by atoms with Crippen LogP contribution in [0.15, 0.2) is 0 Å². The fourth-order valence-corrected chi connectivity index (χ4v) is 3.76. The molecule has 2 heterocycles. The summed E-state index contributed by atoms with van der Waals surface area (Å²) in [5.41, 5.74) is 7.11. The van der Waals surface area contributed by atoms with Gasteiger partial charge in [-0.15, -0.1) is 11.3 Å². The lowest BCUT2D eigenvalue weighted by molar-refractivity contribution is 0.346. The number of hydrogen-bond acceptors (Lipinski definition) is 5. The second-order valence-corrected chi connectivity index (χ2v) is 7.75. The first-order valence-corrected chi connectivity index (χ1v) is 8.37. The Kier molecular flexibility index (Phi) is 5.04. The van der Waals surface area contributed by atoms with Gasteiger partial charge in [-0.25, -0.2) is 4.98 Å². The molecule has 0 bridgehead atoms. The van der Waals surface area contributed by atoms with Crippen molar-refractivity contribution in [1.82, 2.24) is 9.88 Å². The molecule has 1 saturated heterocycles. The summed E-state index contributed by atoms with van der Waals surface area (Å²) in [5, 5.41) is 1.11. The molecular formula is C15H28N4S. The number of aromatic nitrogens is 1. The van der Waals surface area contributed by atoms with Crippen LogP contribution < -0.4 is 10.6 Å². The molecule has 0 unspecified atom stereocenters. The third-order valence-electron chi connectivity index (χ3n) is 3.86. The zero-order valence-electron chi connectivity index (χ0n) is 13.3. The summed E-state index contributed by atoms with van der Waals surface area (Å²) in [5.74, 6) is 0. The van der Waals surface area contributed by atoms with Crippen LogP contribution in [0.25, 0.3) is 0 Å². The van der Waals surface area contributed by atoms with Crippen LogP contribution in [0.2, 0.25) is 0 Å². The van der Waals surface area contributed by atoms with Crippen LogP contribution in [0.5, 0.6) is 0 Å². The number of rotatable bonds is 5. The highest BCUT2D eigenvalue weighted by Gasteiger charge is 2.23. The summed E-state index contributed by atoms with van der Waals surface area (Å²) >= 11 is 1.75. The third kappa shape index (κ3) is 3.71. The molecule has 0 atom stereocenters. The Morgan fingerprint density at radius 1 is 1.30 bits per heavy atom. The molecule has 114 valence electrons. The van der Waals surface area contributed by atoms with Crippen molar-refractivity contribution >= 4 is 16.5 Å². The SMILES string of the molecule is CN(CCN1CCCC1)c1nc(C(C)(C)C)c(CN)s1. The zero-order valence-corrected chi connectivity index (χ0v) is 14.1. The molecule has 0 amide bonds. The van der Waals surface area contributed by atoms with Crippen molar-refractivity contribution in [2.45, 2.75) is 45.6 Å². The second kappa shape index (κ2) is 6.41. The number of hydrogen-bond donors (Lipinski definition) is 1. The van der Waals surface area contributed by atoms with Crippen molar-refractivity contribution in [2.75, 3.05) is 38.1 Å². The van der Waals surface area contributed by atoms with Gasteiger partial charge in [-0.3, -0.25) is 0 Å². The van der Waals surface area contributed by atoms with E-state index in [1.807, 2.05) is 0 Å². The smallest absolute Gasteiger partial charge is 0.185 e. The van der Waals surface area contributed by atoms with E-state index in [-0.39, 0.29) is 5.41 Å². The van der Waals surface area contributed by atoms with Gasteiger partial charge in [-0.05, 0) is 25.9 Å². The quantitative estimate of drug-likeness (QED) is 0.906. The van der Waals surface area contributed by atoms with E-state index in [0.717, 1.165) is 23.9 Å². The largest absolute Gasteiger partial charge is 0.350 e. The van der Waals surface area contributed by atoms with Crippen molar-refractivity contribution in [3.63, 3.8) is 0 Å². The van der Waals surface area contributed by atoms with Crippen LogP contribution in [0, 0.1) is 0 Å². The van der Waals surface area contributed by atoms with E-state index >= 15 is 0 Å². The van der Waals surface area contributed by atoms with Gasteiger partial charge in [0, 0.05) is 37.0 Å². The van der Waals surface area contributed by atoms with Crippen molar-refractivity contribution in [2.24, 2.45) is 5.73 Å². The normalized spacial score (nSPS) is 16.9. The first-order chi connectivity index (χ1) is 9.41. The number of likely N-dealkylation sites (tertiary alicyclic amines) is 1. The lowest BCUT2D eigenvalue weighted by Crippen LogP contribution is -2.31. The zero-order chi connectivity index (χ0) is 14.8. The molecule has 2 rings (SSSR count). The molecule has 0 spiro atoms. The van der Waals surface area contributed by atoms with Gasteiger partial charge in [0.1, 0.15) is 0 Å². The lowest BCUT2D eigenvalue weighted by Gasteiger charge is -2.21. The fourth-order valence-electron chi connectivity index (χ4n) is 2.62. The lowest BCUT2D eigenvalue weighted by atomic mass is 9.91. The summed E-state index contributed by atoms with van der Waals surface area (Å²) < 4.78 is 0. The van der Waals surface area contributed by atoms with Crippen molar-refractivity contribution in [1.29, 1.82) is 0 Å². The number of nitrogens with zero attached hydrogens (tertiary/aromatic N) is 3. The number of thiazole rings is 1. The topological polar surface area (TPSA) is 45.4 Å². The van der Waals surface area contributed by atoms with Crippen molar-refractivity contribution in [3.8, 4) is 0 Å². The van der Waals surface area contributed by atoms with Gasteiger partial charge in [-0.1, -0.05) is 20.8 Å². The molecule has 0 saturated carbocycles. The molecule has 4 nitrogen and oxygen atoms in total. The van der Waals surface area contributed by atoms with Gasteiger partial charge < -0.3 is 15.5 Å². The van der Waals surface area contributed by atoms with Gasteiger partial charge in [0.15, 0.2) is 5.13 Å². The fraction of sp³-hybridized carbons (Fsp3) is 0.800. The Bertz CT molecular complexity index is 430. The minimum absolute atomic E-state index is 0.0687. The van der Waals surface area contributed by atoms with Crippen LogP contribution in [0.3, 0.4) is 0 Å². The number of likely N-dealkylation sites (N-methyl/N-ethyl adjacent to an activating group) is 1. The minimum Gasteiger partial charge on any atom is -0.350 e. The van der Waals surface area contributed by atoms with Crippen LogP contribution in [-0.2, 0) is 12.0 Å². The van der Waals surface area contributed by atoms with E-state index < -0.39 is 0 Å². The van der Waals surface area contributed by atoms with Crippen molar-refractivity contribution in [3.05, 3.63) is 10.6 Å². The summed E-state index contributed by atoms with van der Waals surface area (Å²) in [7, 11) is 2.14. The first kappa shape index (κ1) is 15.7. The van der Waals surface area contributed by atoms with Gasteiger partial charge in [0.2, 0.25) is 0 Å². The molecule has 20 heavy (non-hydrogen) atoms. The highest BCUT2D eigenvalue weighted by Crippen LogP contribution is 2.33. The maximum atomic E-state index is 5.88. The third-order valence-corrected chi connectivity index (χ3v) is 5.05. The summed E-state index contributed by atoms with van der Waals surface area (Å²) in [4.78, 5) is 10.9. The molecular weight excluding hydrogens is 268 g/mol. The van der Waals surface area contributed by atoms with E-state index in [1.165, 1.54) is 30.8 Å². The maximum absolute atomic E-state index is 5.88. The van der Waals surface area contributed by atoms with E-state index in [2.05, 4.69) is 37.6 Å². The van der Waals surface area contributed by atoms with Crippen LogP contribution >= 0.6 is 11.3 Å². The molecule has 1 aromatic rings. The average Bonchev–Trinajstić information content (AvgIpc) is 3.03. The Balaban J connectivity index is 2.02. The van der Waals surface area contributed by atoms with Crippen LogP contribution in [0.4, 0.5) is 5.13 Å². The standard InChI is InChI=1S/C15H28N4S/c1-15(2,3)13-12(11-16)20-14(17-13)18(4)9-10-19-7-5-6-8-19/h5-11,16H2,1-4H3. The number of anilines is 1. The molecule has 1 aliphatic heterocycles. The monoisotopic (exact) mass is 296 g/mol. The second-order valence-electron chi connectivity index (χ2n) is 6.69. The molecule has 5 heteroatoms. The number of nitrogens with two attached hydrogens (primary N) is 1.